The van der Waals surface area contributed by atoms with Crippen LogP contribution in [0.2, 0.25) is 0 Å². The molecule has 0 spiro atoms. The van der Waals surface area contributed by atoms with E-state index >= 15 is 0 Å². The van der Waals surface area contributed by atoms with Gasteiger partial charge in [-0.1, -0.05) is 32.0 Å². The molecule has 1 nitrogen and oxygen atoms in total. The van der Waals surface area contributed by atoms with E-state index in [1.165, 1.54) is 32.1 Å². The smallest absolute Gasteiger partial charge is 0.0141 e. The van der Waals surface area contributed by atoms with Crippen molar-refractivity contribution in [2.45, 2.75) is 64.0 Å². The second kappa shape index (κ2) is 4.45. The maximum Gasteiger partial charge on any atom is 0.0141 e. The normalized spacial score (nSPS) is 27.0. The number of benzene rings is 1. The summed E-state index contributed by atoms with van der Waals surface area (Å²) in [5, 5.41) is 3.78. The SMILES string of the molecule is CC(C)NC1CCc2cccc3c2C1CCC3. The van der Waals surface area contributed by atoms with Crippen molar-refractivity contribution in [3.63, 3.8) is 0 Å². The van der Waals surface area contributed by atoms with Crippen LogP contribution in [0.15, 0.2) is 18.2 Å². The Bertz CT molecular complexity index is 394. The van der Waals surface area contributed by atoms with Crippen LogP contribution < -0.4 is 5.32 Å². The van der Waals surface area contributed by atoms with Crippen molar-refractivity contribution in [2.24, 2.45) is 0 Å². The summed E-state index contributed by atoms with van der Waals surface area (Å²) >= 11 is 0. The van der Waals surface area contributed by atoms with E-state index in [2.05, 4.69) is 37.4 Å². The summed E-state index contributed by atoms with van der Waals surface area (Å²) in [5.74, 6) is 0.783. The van der Waals surface area contributed by atoms with Crippen LogP contribution in [0.25, 0.3) is 0 Å². The lowest BCUT2D eigenvalue weighted by molar-refractivity contribution is 0.333. The van der Waals surface area contributed by atoms with Crippen molar-refractivity contribution in [3.8, 4) is 0 Å². The fourth-order valence-corrected chi connectivity index (χ4v) is 3.78. The second-order valence-electron chi connectivity index (χ2n) is 5.96. The van der Waals surface area contributed by atoms with Gasteiger partial charge in [-0.25, -0.2) is 0 Å². The predicted octanol–water partition coefficient (Wildman–Crippen LogP) is 3.42. The Hall–Kier alpha value is -0.820. The number of rotatable bonds is 2. The summed E-state index contributed by atoms with van der Waals surface area (Å²) in [7, 11) is 0. The quantitative estimate of drug-likeness (QED) is 0.819. The summed E-state index contributed by atoms with van der Waals surface area (Å²) in [6.45, 7) is 4.54. The lowest BCUT2D eigenvalue weighted by Crippen LogP contribution is -2.43. The first-order chi connectivity index (χ1) is 8.25. The molecular formula is C16H23N. The first-order valence-corrected chi connectivity index (χ1v) is 7.12. The van der Waals surface area contributed by atoms with Crippen LogP contribution >= 0.6 is 0 Å². The van der Waals surface area contributed by atoms with Crippen LogP contribution in [0.5, 0.6) is 0 Å². The van der Waals surface area contributed by atoms with Gasteiger partial charge >= 0.3 is 0 Å². The standard InChI is InChI=1S/C16H23N/c1-11(2)17-15-10-9-13-6-3-5-12-7-4-8-14(15)16(12)13/h3,5-6,11,14-15,17H,4,7-10H2,1-2H3. The van der Waals surface area contributed by atoms with Crippen molar-refractivity contribution in [2.75, 3.05) is 0 Å². The Balaban J connectivity index is 1.96. The average molecular weight is 229 g/mol. The number of nitrogens with one attached hydrogen (secondary N) is 1. The fraction of sp³-hybridized carbons (Fsp3) is 0.625. The van der Waals surface area contributed by atoms with Crippen molar-refractivity contribution < 1.29 is 0 Å². The molecule has 0 heterocycles. The second-order valence-corrected chi connectivity index (χ2v) is 5.96. The van der Waals surface area contributed by atoms with Crippen molar-refractivity contribution in [3.05, 3.63) is 34.9 Å². The van der Waals surface area contributed by atoms with Crippen LogP contribution in [-0.2, 0) is 12.8 Å². The molecule has 0 radical (unpaired) electrons. The zero-order valence-electron chi connectivity index (χ0n) is 11.0. The molecule has 17 heavy (non-hydrogen) atoms. The van der Waals surface area contributed by atoms with Crippen LogP contribution in [0, 0.1) is 0 Å². The van der Waals surface area contributed by atoms with Gasteiger partial charge in [0.2, 0.25) is 0 Å². The van der Waals surface area contributed by atoms with Crippen LogP contribution in [0.1, 0.15) is 55.7 Å². The third-order valence-corrected chi connectivity index (χ3v) is 4.38. The van der Waals surface area contributed by atoms with E-state index in [1.54, 1.807) is 16.7 Å². The lowest BCUT2D eigenvalue weighted by atomic mass is 9.71. The molecule has 1 N–H and O–H groups in total. The number of aryl methyl sites for hydroxylation is 2. The van der Waals surface area contributed by atoms with Crippen molar-refractivity contribution >= 4 is 0 Å². The molecule has 3 rings (SSSR count). The molecule has 0 aliphatic heterocycles. The molecule has 2 unspecified atom stereocenters. The summed E-state index contributed by atoms with van der Waals surface area (Å²) < 4.78 is 0. The molecule has 0 saturated carbocycles. The van der Waals surface area contributed by atoms with Crippen molar-refractivity contribution in [1.29, 1.82) is 0 Å². The average Bonchev–Trinajstić information content (AvgIpc) is 2.33. The maximum absolute atomic E-state index is 3.78. The molecular weight excluding hydrogens is 206 g/mol. The molecule has 2 aliphatic rings. The highest BCUT2D eigenvalue weighted by Gasteiger charge is 2.33. The third-order valence-electron chi connectivity index (χ3n) is 4.38. The third kappa shape index (κ3) is 2.01. The van der Waals surface area contributed by atoms with E-state index in [0.717, 1.165) is 5.92 Å². The van der Waals surface area contributed by atoms with E-state index in [-0.39, 0.29) is 0 Å². The van der Waals surface area contributed by atoms with Gasteiger partial charge in [-0.15, -0.1) is 0 Å². The zero-order valence-corrected chi connectivity index (χ0v) is 11.0. The fourth-order valence-electron chi connectivity index (χ4n) is 3.78. The molecule has 0 fully saturated rings. The number of hydrogen-bond acceptors (Lipinski definition) is 1. The van der Waals surface area contributed by atoms with Gasteiger partial charge in [-0.3, -0.25) is 0 Å². The highest BCUT2D eigenvalue weighted by molar-refractivity contribution is 5.42. The van der Waals surface area contributed by atoms with Gasteiger partial charge in [-0.2, -0.15) is 0 Å². The van der Waals surface area contributed by atoms with Gasteiger partial charge in [0.1, 0.15) is 0 Å². The van der Waals surface area contributed by atoms with E-state index in [9.17, 15) is 0 Å². The Kier molecular flexibility index (Phi) is 2.96. The minimum Gasteiger partial charge on any atom is -0.311 e. The zero-order chi connectivity index (χ0) is 11.8. The van der Waals surface area contributed by atoms with Gasteiger partial charge in [0, 0.05) is 12.1 Å². The molecule has 0 aromatic heterocycles. The topological polar surface area (TPSA) is 12.0 Å². The highest BCUT2D eigenvalue weighted by atomic mass is 14.9. The summed E-state index contributed by atoms with van der Waals surface area (Å²) in [6, 6.07) is 8.28. The lowest BCUT2D eigenvalue weighted by Gasteiger charge is -2.39. The molecule has 0 bridgehead atoms. The van der Waals surface area contributed by atoms with Crippen LogP contribution in [-0.4, -0.2) is 12.1 Å². The first-order valence-electron chi connectivity index (χ1n) is 7.12. The van der Waals surface area contributed by atoms with Gasteiger partial charge in [0.25, 0.3) is 0 Å². The Morgan fingerprint density at radius 1 is 1.12 bits per heavy atom. The molecule has 1 aromatic carbocycles. The Labute approximate surface area is 105 Å². The van der Waals surface area contributed by atoms with Crippen LogP contribution in [0.4, 0.5) is 0 Å². The van der Waals surface area contributed by atoms with E-state index < -0.39 is 0 Å². The first kappa shape index (κ1) is 11.3. The molecule has 1 aromatic rings. The van der Waals surface area contributed by atoms with Gasteiger partial charge in [0.15, 0.2) is 0 Å². The molecule has 1 heteroatoms. The molecule has 92 valence electrons. The monoisotopic (exact) mass is 229 g/mol. The summed E-state index contributed by atoms with van der Waals surface area (Å²) in [4.78, 5) is 0. The predicted molar refractivity (Wildman–Crippen MR) is 72.5 cm³/mol. The minimum atomic E-state index is 0.607. The van der Waals surface area contributed by atoms with Crippen LogP contribution in [0.3, 0.4) is 0 Å². The highest BCUT2D eigenvalue weighted by Crippen LogP contribution is 2.41. The largest absolute Gasteiger partial charge is 0.311 e. The van der Waals surface area contributed by atoms with E-state index in [1.807, 2.05) is 0 Å². The summed E-state index contributed by atoms with van der Waals surface area (Å²) in [5.41, 5.74) is 4.98. The Morgan fingerprint density at radius 3 is 2.65 bits per heavy atom. The summed E-state index contributed by atoms with van der Waals surface area (Å²) in [6.07, 6.45) is 6.64. The van der Waals surface area contributed by atoms with Gasteiger partial charge in [-0.05, 0) is 54.7 Å². The minimum absolute atomic E-state index is 0.607. The van der Waals surface area contributed by atoms with E-state index in [0.29, 0.717) is 12.1 Å². The molecule has 0 saturated heterocycles. The molecule has 2 aliphatic carbocycles. The van der Waals surface area contributed by atoms with Gasteiger partial charge in [0.05, 0.1) is 0 Å². The van der Waals surface area contributed by atoms with E-state index in [4.69, 9.17) is 0 Å². The molecule has 0 amide bonds. The molecule has 2 atom stereocenters. The maximum atomic E-state index is 3.78. The van der Waals surface area contributed by atoms with Crippen molar-refractivity contribution in [1.82, 2.24) is 5.32 Å². The Morgan fingerprint density at radius 2 is 1.88 bits per heavy atom. The van der Waals surface area contributed by atoms with Gasteiger partial charge < -0.3 is 5.32 Å². The number of hydrogen-bond donors (Lipinski definition) is 1.